The quantitative estimate of drug-likeness (QED) is 0.793. The van der Waals surface area contributed by atoms with Crippen LogP contribution in [0.5, 0.6) is 0 Å². The number of hydrogen-bond acceptors (Lipinski definition) is 2. The van der Waals surface area contributed by atoms with E-state index in [0.717, 1.165) is 17.0 Å². The van der Waals surface area contributed by atoms with Gasteiger partial charge in [0.2, 0.25) is 5.91 Å². The summed E-state index contributed by atoms with van der Waals surface area (Å²) in [5, 5.41) is 0.751. The minimum atomic E-state index is 0.0161. The van der Waals surface area contributed by atoms with Crippen molar-refractivity contribution in [2.75, 3.05) is 19.7 Å². The van der Waals surface area contributed by atoms with Gasteiger partial charge in [-0.15, -0.1) is 6.58 Å². The summed E-state index contributed by atoms with van der Waals surface area (Å²) >= 11 is 6.14. The summed E-state index contributed by atoms with van der Waals surface area (Å²) in [6, 6.07) is 7.74. The third-order valence-electron chi connectivity index (χ3n) is 3.22. The molecule has 102 valence electrons. The fourth-order valence-electron chi connectivity index (χ4n) is 2.23. The highest BCUT2D eigenvalue weighted by Gasteiger charge is 2.24. The van der Waals surface area contributed by atoms with Crippen molar-refractivity contribution in [3.63, 3.8) is 0 Å². The fourth-order valence-corrected chi connectivity index (χ4v) is 2.44. The minimum Gasteiger partial charge on any atom is -0.374 e. The van der Waals surface area contributed by atoms with Crippen LogP contribution in [0, 0.1) is 0 Å². The smallest absolute Gasteiger partial charge is 0.226 e. The van der Waals surface area contributed by atoms with Crippen LogP contribution in [0.15, 0.2) is 36.9 Å². The van der Waals surface area contributed by atoms with E-state index in [0.29, 0.717) is 26.1 Å². The topological polar surface area (TPSA) is 29.5 Å². The van der Waals surface area contributed by atoms with Gasteiger partial charge >= 0.3 is 0 Å². The van der Waals surface area contributed by atoms with Gasteiger partial charge in [-0.2, -0.15) is 0 Å². The predicted octanol–water partition coefficient (Wildman–Crippen LogP) is 2.69. The molecule has 0 bridgehead atoms. The van der Waals surface area contributed by atoms with E-state index in [-0.39, 0.29) is 12.0 Å². The van der Waals surface area contributed by atoms with Gasteiger partial charge < -0.3 is 9.64 Å². The first-order valence-corrected chi connectivity index (χ1v) is 6.82. The van der Waals surface area contributed by atoms with Gasteiger partial charge in [0, 0.05) is 31.0 Å². The Morgan fingerprint density at radius 2 is 2.32 bits per heavy atom. The van der Waals surface area contributed by atoms with Crippen molar-refractivity contribution in [3.8, 4) is 0 Å². The van der Waals surface area contributed by atoms with E-state index in [2.05, 4.69) is 6.58 Å². The van der Waals surface area contributed by atoms with Crippen molar-refractivity contribution in [3.05, 3.63) is 47.5 Å². The Bertz CT molecular complexity index is 461. The van der Waals surface area contributed by atoms with E-state index < -0.39 is 0 Å². The Kier molecular flexibility index (Phi) is 5.00. The van der Waals surface area contributed by atoms with Crippen LogP contribution in [-0.4, -0.2) is 36.6 Å². The molecule has 1 atom stereocenters. The van der Waals surface area contributed by atoms with Crippen molar-refractivity contribution in [1.29, 1.82) is 0 Å². The molecule has 1 aliphatic heterocycles. The van der Waals surface area contributed by atoms with Crippen LogP contribution in [0.1, 0.15) is 12.0 Å². The van der Waals surface area contributed by atoms with Crippen molar-refractivity contribution < 1.29 is 9.53 Å². The lowest BCUT2D eigenvalue weighted by Gasteiger charge is -2.33. The molecule has 1 aromatic rings. The number of halogens is 1. The Labute approximate surface area is 118 Å². The van der Waals surface area contributed by atoms with Gasteiger partial charge in [-0.1, -0.05) is 35.9 Å². The van der Waals surface area contributed by atoms with Crippen LogP contribution in [0.3, 0.4) is 0 Å². The second-order valence-electron chi connectivity index (χ2n) is 4.62. The molecule has 0 N–H and O–H groups in total. The summed E-state index contributed by atoms with van der Waals surface area (Å²) in [7, 11) is 0. The summed E-state index contributed by atoms with van der Waals surface area (Å²) in [5.41, 5.74) is 1.06. The summed E-state index contributed by atoms with van der Waals surface area (Å²) in [5.74, 6) is 0.113. The first-order valence-electron chi connectivity index (χ1n) is 6.44. The molecule has 1 amide bonds. The van der Waals surface area contributed by atoms with E-state index in [4.69, 9.17) is 16.3 Å². The molecule has 0 radical (unpaired) electrons. The van der Waals surface area contributed by atoms with E-state index in [1.807, 2.05) is 29.2 Å². The predicted molar refractivity (Wildman–Crippen MR) is 76.3 cm³/mol. The van der Waals surface area contributed by atoms with E-state index >= 15 is 0 Å². The average molecular weight is 280 g/mol. The number of benzene rings is 1. The van der Waals surface area contributed by atoms with Gasteiger partial charge in [0.05, 0.1) is 12.7 Å². The normalized spacial score (nSPS) is 19.2. The molecule has 0 spiro atoms. The number of hydrogen-bond donors (Lipinski definition) is 0. The van der Waals surface area contributed by atoms with Crippen molar-refractivity contribution in [1.82, 2.24) is 4.90 Å². The minimum absolute atomic E-state index is 0.0161. The van der Waals surface area contributed by atoms with Crippen molar-refractivity contribution >= 4 is 17.5 Å². The highest BCUT2D eigenvalue weighted by atomic mass is 35.5. The van der Waals surface area contributed by atoms with Crippen LogP contribution >= 0.6 is 11.6 Å². The maximum atomic E-state index is 11.8. The third-order valence-corrected chi connectivity index (χ3v) is 3.58. The Morgan fingerprint density at radius 1 is 1.53 bits per heavy atom. The lowest BCUT2D eigenvalue weighted by molar-refractivity contribution is -0.137. The highest BCUT2D eigenvalue weighted by molar-refractivity contribution is 6.31. The molecule has 0 saturated carbocycles. The zero-order valence-electron chi connectivity index (χ0n) is 10.8. The van der Waals surface area contributed by atoms with Crippen LogP contribution in [0.4, 0.5) is 0 Å². The molecule has 3 nitrogen and oxygen atoms in total. The van der Waals surface area contributed by atoms with Gasteiger partial charge in [0.1, 0.15) is 0 Å². The summed E-state index contributed by atoms with van der Waals surface area (Å²) in [6.07, 6.45) is 2.78. The summed E-state index contributed by atoms with van der Waals surface area (Å²) in [6.45, 7) is 5.46. The molecule has 0 unspecified atom stereocenters. The number of amides is 1. The third kappa shape index (κ3) is 3.82. The zero-order chi connectivity index (χ0) is 13.7. The molecular weight excluding hydrogens is 262 g/mol. The van der Waals surface area contributed by atoms with E-state index in [1.54, 1.807) is 6.08 Å². The molecule has 1 aromatic carbocycles. The number of rotatable bonds is 4. The van der Waals surface area contributed by atoms with Crippen molar-refractivity contribution in [2.45, 2.75) is 18.9 Å². The summed E-state index contributed by atoms with van der Waals surface area (Å²) in [4.78, 5) is 13.7. The molecule has 1 heterocycles. The van der Waals surface area contributed by atoms with Gasteiger partial charge in [-0.05, 0) is 11.6 Å². The number of carbonyl (C=O) groups excluding carboxylic acids is 1. The highest BCUT2D eigenvalue weighted by Crippen LogP contribution is 2.19. The Morgan fingerprint density at radius 3 is 3.05 bits per heavy atom. The molecule has 0 aromatic heterocycles. The average Bonchev–Trinajstić information content (AvgIpc) is 2.42. The second-order valence-corrected chi connectivity index (χ2v) is 5.03. The van der Waals surface area contributed by atoms with Crippen LogP contribution in [0.2, 0.25) is 5.02 Å². The van der Waals surface area contributed by atoms with Crippen LogP contribution < -0.4 is 0 Å². The lowest BCUT2D eigenvalue weighted by Crippen LogP contribution is -2.46. The Hall–Kier alpha value is -1.32. The maximum Gasteiger partial charge on any atom is 0.226 e. The first-order chi connectivity index (χ1) is 9.20. The van der Waals surface area contributed by atoms with Crippen LogP contribution in [-0.2, 0) is 16.0 Å². The standard InChI is InChI=1S/C15H18ClNO2/c1-2-5-15(18)17-8-9-19-13(11-17)10-12-6-3-4-7-14(12)16/h2-4,6-7,13H,1,5,8-11H2/t13-/m1/s1. The first kappa shape index (κ1) is 14.1. The number of ether oxygens (including phenoxy) is 1. The molecule has 2 rings (SSSR count). The summed E-state index contributed by atoms with van der Waals surface area (Å²) < 4.78 is 5.72. The van der Waals surface area contributed by atoms with E-state index in [1.165, 1.54) is 0 Å². The fraction of sp³-hybridized carbons (Fsp3) is 0.400. The molecule has 4 heteroatoms. The molecule has 1 aliphatic rings. The van der Waals surface area contributed by atoms with Gasteiger partial charge in [-0.3, -0.25) is 4.79 Å². The monoisotopic (exact) mass is 279 g/mol. The molecule has 1 saturated heterocycles. The van der Waals surface area contributed by atoms with Gasteiger partial charge in [-0.25, -0.2) is 0 Å². The molecule has 19 heavy (non-hydrogen) atoms. The lowest BCUT2D eigenvalue weighted by atomic mass is 10.1. The van der Waals surface area contributed by atoms with E-state index in [9.17, 15) is 4.79 Å². The number of morpholine rings is 1. The van der Waals surface area contributed by atoms with Gasteiger partial charge in [0.15, 0.2) is 0 Å². The SMILES string of the molecule is C=CCC(=O)N1CCO[C@H](Cc2ccccc2Cl)C1. The maximum absolute atomic E-state index is 11.8. The second kappa shape index (κ2) is 6.73. The van der Waals surface area contributed by atoms with Crippen molar-refractivity contribution in [2.24, 2.45) is 0 Å². The van der Waals surface area contributed by atoms with Gasteiger partial charge in [0.25, 0.3) is 0 Å². The largest absolute Gasteiger partial charge is 0.374 e. The Balaban J connectivity index is 1.96. The zero-order valence-corrected chi connectivity index (χ0v) is 11.6. The molecular formula is C15H18ClNO2. The number of carbonyl (C=O) groups is 1. The molecule has 1 fully saturated rings. The molecule has 0 aliphatic carbocycles. The van der Waals surface area contributed by atoms with Crippen LogP contribution in [0.25, 0.3) is 0 Å². The number of nitrogens with zero attached hydrogens (tertiary/aromatic N) is 1.